The van der Waals surface area contributed by atoms with Gasteiger partial charge in [-0.15, -0.1) is 11.3 Å². The number of guanidine groups is 1. The van der Waals surface area contributed by atoms with Crippen molar-refractivity contribution in [1.82, 2.24) is 20.5 Å². The summed E-state index contributed by atoms with van der Waals surface area (Å²) in [5.74, 6) is 0.830. The maximum atomic E-state index is 4.34. The highest BCUT2D eigenvalue weighted by atomic mass is 32.1. The van der Waals surface area contributed by atoms with Crippen LogP contribution >= 0.6 is 11.3 Å². The zero-order valence-corrected chi connectivity index (χ0v) is 14.0. The molecule has 1 atom stereocenters. The number of hydrogen-bond donors (Lipinski definition) is 2. The van der Waals surface area contributed by atoms with E-state index in [-0.39, 0.29) is 0 Å². The number of nitrogens with one attached hydrogen (secondary N) is 2. The molecular weight excluding hydrogens is 270 g/mol. The van der Waals surface area contributed by atoms with Gasteiger partial charge in [-0.05, 0) is 26.9 Å². The smallest absolute Gasteiger partial charge is 0.191 e. The minimum Gasteiger partial charge on any atom is -0.355 e. The van der Waals surface area contributed by atoms with Crippen LogP contribution in [0, 0.1) is 6.92 Å². The predicted molar refractivity (Wildman–Crippen MR) is 87.4 cm³/mol. The van der Waals surface area contributed by atoms with Gasteiger partial charge in [-0.25, -0.2) is 4.98 Å². The first kappa shape index (κ1) is 16.9. The van der Waals surface area contributed by atoms with E-state index in [1.807, 2.05) is 6.20 Å². The molecule has 0 aliphatic carbocycles. The van der Waals surface area contributed by atoms with E-state index in [1.54, 1.807) is 18.4 Å². The van der Waals surface area contributed by atoms with Crippen LogP contribution < -0.4 is 10.6 Å². The quantitative estimate of drug-likeness (QED) is 0.596. The zero-order valence-electron chi connectivity index (χ0n) is 13.2. The molecule has 0 fully saturated rings. The Hall–Kier alpha value is -1.14. The van der Waals surface area contributed by atoms with Crippen LogP contribution in [-0.4, -0.2) is 48.6 Å². The maximum absolute atomic E-state index is 4.34. The Bertz CT molecular complexity index is 411. The Morgan fingerprint density at radius 2 is 2.10 bits per heavy atom. The lowest BCUT2D eigenvalue weighted by Crippen LogP contribution is -2.45. The number of aromatic nitrogens is 1. The van der Waals surface area contributed by atoms with Crippen LogP contribution in [-0.2, 0) is 6.54 Å². The van der Waals surface area contributed by atoms with Crippen molar-refractivity contribution >= 4 is 17.3 Å². The van der Waals surface area contributed by atoms with Gasteiger partial charge in [0.25, 0.3) is 0 Å². The lowest BCUT2D eigenvalue weighted by Gasteiger charge is -2.27. The van der Waals surface area contributed by atoms with Crippen LogP contribution in [0.4, 0.5) is 0 Å². The second kappa shape index (κ2) is 8.92. The molecule has 20 heavy (non-hydrogen) atoms. The molecule has 0 aliphatic heterocycles. The minimum atomic E-state index is 0.491. The van der Waals surface area contributed by atoms with Crippen LogP contribution in [0.1, 0.15) is 30.7 Å². The van der Waals surface area contributed by atoms with Crippen molar-refractivity contribution in [3.63, 3.8) is 0 Å². The van der Waals surface area contributed by atoms with E-state index in [9.17, 15) is 0 Å². The normalized spacial score (nSPS) is 13.6. The number of hydrogen-bond acceptors (Lipinski definition) is 4. The molecule has 1 unspecified atom stereocenters. The average Bonchev–Trinajstić information content (AvgIpc) is 2.86. The predicted octanol–water partition coefficient (Wildman–Crippen LogP) is 1.85. The van der Waals surface area contributed by atoms with Crippen molar-refractivity contribution in [3.05, 3.63) is 16.1 Å². The molecule has 0 amide bonds. The Kier molecular flexibility index (Phi) is 7.54. The van der Waals surface area contributed by atoms with Gasteiger partial charge in [0.15, 0.2) is 5.96 Å². The van der Waals surface area contributed by atoms with Gasteiger partial charge in [-0.2, -0.15) is 0 Å². The molecule has 0 saturated heterocycles. The summed E-state index contributed by atoms with van der Waals surface area (Å²) in [6, 6.07) is 0.491. The number of thiazole rings is 1. The fraction of sp³-hybridized carbons (Fsp3) is 0.714. The summed E-state index contributed by atoms with van der Waals surface area (Å²) in [5, 5.41) is 7.75. The Labute approximate surface area is 126 Å². The molecule has 5 nitrogen and oxygen atoms in total. The first-order valence-electron chi connectivity index (χ1n) is 7.20. The first-order chi connectivity index (χ1) is 9.60. The molecule has 6 heteroatoms. The lowest BCUT2D eigenvalue weighted by atomic mass is 10.3. The number of aryl methyl sites for hydroxylation is 1. The lowest BCUT2D eigenvalue weighted by molar-refractivity contribution is 0.231. The second-order valence-corrected chi connectivity index (χ2v) is 6.06. The van der Waals surface area contributed by atoms with Gasteiger partial charge in [0.05, 0.1) is 6.54 Å². The molecule has 1 aromatic rings. The average molecular weight is 297 g/mol. The summed E-state index contributed by atoms with van der Waals surface area (Å²) in [5.41, 5.74) is 0. The summed E-state index contributed by atoms with van der Waals surface area (Å²) in [7, 11) is 1.80. The molecule has 0 aliphatic rings. The standard InChI is InChI=1S/C14H27N5S/c1-6-19(7-2)11(3)8-17-14(15-5)18-10-13-16-9-12(4)20-13/h9,11H,6-8,10H2,1-5H3,(H2,15,17,18). The fourth-order valence-electron chi connectivity index (χ4n) is 2.08. The van der Waals surface area contributed by atoms with E-state index in [1.165, 1.54) is 4.88 Å². The second-order valence-electron chi connectivity index (χ2n) is 4.74. The highest BCUT2D eigenvalue weighted by molar-refractivity contribution is 7.11. The molecule has 114 valence electrons. The third-order valence-electron chi connectivity index (χ3n) is 3.30. The summed E-state index contributed by atoms with van der Waals surface area (Å²) in [4.78, 5) is 12.2. The molecule has 1 rings (SSSR count). The van der Waals surface area contributed by atoms with Gasteiger partial charge >= 0.3 is 0 Å². The van der Waals surface area contributed by atoms with Crippen LogP contribution in [0.25, 0.3) is 0 Å². The fourth-order valence-corrected chi connectivity index (χ4v) is 2.81. The largest absolute Gasteiger partial charge is 0.355 e. The van der Waals surface area contributed by atoms with Gasteiger partial charge in [0, 0.05) is 30.7 Å². The Morgan fingerprint density at radius 1 is 1.40 bits per heavy atom. The number of aliphatic imine (C=N–C) groups is 1. The molecule has 0 bridgehead atoms. The van der Waals surface area contributed by atoms with Gasteiger partial charge in [0.1, 0.15) is 5.01 Å². The SMILES string of the molecule is CCN(CC)C(C)CNC(=NC)NCc1ncc(C)s1. The molecular formula is C14H27N5S. The van der Waals surface area contributed by atoms with Crippen LogP contribution in [0.3, 0.4) is 0 Å². The highest BCUT2D eigenvalue weighted by Crippen LogP contribution is 2.10. The topological polar surface area (TPSA) is 52.5 Å². The third-order valence-corrected chi connectivity index (χ3v) is 4.21. The van der Waals surface area contributed by atoms with Crippen molar-refractivity contribution < 1.29 is 0 Å². The van der Waals surface area contributed by atoms with Gasteiger partial charge in [0.2, 0.25) is 0 Å². The van der Waals surface area contributed by atoms with Gasteiger partial charge < -0.3 is 10.6 Å². The summed E-state index contributed by atoms with van der Waals surface area (Å²) in [6.45, 7) is 12.4. The van der Waals surface area contributed by atoms with E-state index in [0.717, 1.165) is 37.1 Å². The monoisotopic (exact) mass is 297 g/mol. The van der Waals surface area contributed by atoms with E-state index in [4.69, 9.17) is 0 Å². The minimum absolute atomic E-state index is 0.491. The van der Waals surface area contributed by atoms with E-state index in [2.05, 4.69) is 53.2 Å². The van der Waals surface area contributed by atoms with Gasteiger partial charge in [-0.1, -0.05) is 13.8 Å². The number of nitrogens with zero attached hydrogens (tertiary/aromatic N) is 3. The summed E-state index contributed by atoms with van der Waals surface area (Å²) < 4.78 is 0. The molecule has 0 spiro atoms. The molecule has 1 aromatic heterocycles. The third kappa shape index (κ3) is 5.46. The summed E-state index contributed by atoms with van der Waals surface area (Å²) >= 11 is 1.71. The zero-order chi connectivity index (χ0) is 15.0. The van der Waals surface area contributed by atoms with Crippen LogP contribution in [0.15, 0.2) is 11.2 Å². The maximum Gasteiger partial charge on any atom is 0.191 e. The van der Waals surface area contributed by atoms with Crippen molar-refractivity contribution in [2.75, 3.05) is 26.7 Å². The van der Waals surface area contributed by atoms with Crippen molar-refractivity contribution in [2.24, 2.45) is 4.99 Å². The van der Waals surface area contributed by atoms with Crippen LogP contribution in [0.5, 0.6) is 0 Å². The number of rotatable bonds is 7. The molecule has 0 saturated carbocycles. The Balaban J connectivity index is 2.36. The summed E-state index contributed by atoms with van der Waals surface area (Å²) in [6.07, 6.45) is 1.90. The van der Waals surface area contributed by atoms with E-state index < -0.39 is 0 Å². The molecule has 1 heterocycles. The number of likely N-dealkylation sites (N-methyl/N-ethyl adjacent to an activating group) is 1. The van der Waals surface area contributed by atoms with Crippen molar-refractivity contribution in [3.8, 4) is 0 Å². The van der Waals surface area contributed by atoms with Crippen molar-refractivity contribution in [2.45, 2.75) is 40.3 Å². The van der Waals surface area contributed by atoms with E-state index in [0.29, 0.717) is 6.04 Å². The first-order valence-corrected chi connectivity index (χ1v) is 8.02. The Morgan fingerprint density at radius 3 is 2.60 bits per heavy atom. The molecule has 2 N–H and O–H groups in total. The molecule has 0 radical (unpaired) electrons. The highest BCUT2D eigenvalue weighted by Gasteiger charge is 2.10. The van der Waals surface area contributed by atoms with Gasteiger partial charge in [-0.3, -0.25) is 9.89 Å². The molecule has 0 aromatic carbocycles. The van der Waals surface area contributed by atoms with E-state index >= 15 is 0 Å². The van der Waals surface area contributed by atoms with Crippen molar-refractivity contribution in [1.29, 1.82) is 0 Å². The van der Waals surface area contributed by atoms with Crippen LogP contribution in [0.2, 0.25) is 0 Å².